The van der Waals surface area contributed by atoms with Gasteiger partial charge in [-0.3, -0.25) is 9.59 Å². The summed E-state index contributed by atoms with van der Waals surface area (Å²) in [7, 11) is 0. The number of hydrogen-bond donors (Lipinski definition) is 2. The lowest BCUT2D eigenvalue weighted by molar-refractivity contribution is -0.123. The first-order valence-electron chi connectivity index (χ1n) is 7.59. The number of aryl methyl sites for hydroxylation is 1. The maximum atomic E-state index is 12.1. The Morgan fingerprint density at radius 1 is 1.05 bits per heavy atom. The van der Waals surface area contributed by atoms with E-state index in [9.17, 15) is 9.59 Å². The second-order valence-corrected chi connectivity index (χ2v) is 5.45. The number of benzene rings is 1. The zero-order chi connectivity index (χ0) is 15.8. The Balaban J connectivity index is 2.76. The van der Waals surface area contributed by atoms with Gasteiger partial charge in [-0.1, -0.05) is 43.7 Å². The van der Waals surface area contributed by atoms with Crippen molar-refractivity contribution < 1.29 is 9.59 Å². The molecule has 0 heterocycles. The minimum atomic E-state index is -0.280. The van der Waals surface area contributed by atoms with Crippen molar-refractivity contribution in [3.8, 4) is 0 Å². The van der Waals surface area contributed by atoms with Crippen LogP contribution in [0.1, 0.15) is 57.2 Å². The molecule has 0 saturated heterocycles. The van der Waals surface area contributed by atoms with Crippen LogP contribution in [-0.4, -0.2) is 17.9 Å². The largest absolute Gasteiger partial charge is 0.353 e. The average molecular weight is 290 g/mol. The maximum absolute atomic E-state index is 12.1. The third-order valence-electron chi connectivity index (χ3n) is 3.60. The number of hydrogen-bond acceptors (Lipinski definition) is 2. The third kappa shape index (κ3) is 5.98. The Labute approximate surface area is 127 Å². The Kier molecular flexibility index (Phi) is 6.92. The van der Waals surface area contributed by atoms with E-state index in [1.54, 1.807) is 0 Å². The van der Waals surface area contributed by atoms with Gasteiger partial charge in [0.05, 0.1) is 12.5 Å². The van der Waals surface area contributed by atoms with E-state index in [1.165, 1.54) is 6.92 Å². The van der Waals surface area contributed by atoms with Crippen LogP contribution >= 0.6 is 0 Å². The summed E-state index contributed by atoms with van der Waals surface area (Å²) in [6.07, 6.45) is 2.09. The van der Waals surface area contributed by atoms with E-state index in [0.717, 1.165) is 24.0 Å². The van der Waals surface area contributed by atoms with Gasteiger partial charge in [0.25, 0.3) is 0 Å². The number of carbonyl (C=O) groups excluding carboxylic acids is 2. The van der Waals surface area contributed by atoms with Gasteiger partial charge < -0.3 is 10.6 Å². The molecule has 0 aliphatic rings. The van der Waals surface area contributed by atoms with E-state index in [4.69, 9.17) is 0 Å². The third-order valence-corrected chi connectivity index (χ3v) is 3.60. The van der Waals surface area contributed by atoms with Crippen molar-refractivity contribution in [2.24, 2.45) is 0 Å². The van der Waals surface area contributed by atoms with Gasteiger partial charge in [0, 0.05) is 13.0 Å². The topological polar surface area (TPSA) is 58.2 Å². The minimum Gasteiger partial charge on any atom is -0.353 e. The summed E-state index contributed by atoms with van der Waals surface area (Å²) in [6.45, 7) is 7.59. The van der Waals surface area contributed by atoms with Crippen LogP contribution in [0.2, 0.25) is 0 Å². The van der Waals surface area contributed by atoms with Gasteiger partial charge in [0.2, 0.25) is 11.8 Å². The predicted octanol–water partition coefficient (Wildman–Crippen LogP) is 2.87. The fourth-order valence-electron chi connectivity index (χ4n) is 2.26. The molecule has 0 bridgehead atoms. The van der Waals surface area contributed by atoms with E-state index in [-0.39, 0.29) is 30.3 Å². The lowest BCUT2D eigenvalue weighted by Crippen LogP contribution is -2.37. The molecule has 116 valence electrons. The van der Waals surface area contributed by atoms with Crippen LogP contribution in [0.5, 0.6) is 0 Å². The molecule has 1 aromatic carbocycles. The standard InChI is InChI=1S/C17H26N2O2/c1-5-15(6-2)19-17(21)11-16(18-13(4)20)14-9-7-12(3)8-10-14/h7-10,15-16H,5-6,11H2,1-4H3,(H,18,20)(H,19,21)/t16-/m0/s1. The fraction of sp³-hybridized carbons (Fsp3) is 0.529. The van der Waals surface area contributed by atoms with E-state index in [1.807, 2.05) is 31.2 Å². The van der Waals surface area contributed by atoms with Gasteiger partial charge >= 0.3 is 0 Å². The summed E-state index contributed by atoms with van der Waals surface area (Å²) in [5.74, 6) is -0.154. The van der Waals surface area contributed by atoms with Crippen molar-refractivity contribution >= 4 is 11.8 Å². The molecule has 0 aliphatic carbocycles. The smallest absolute Gasteiger partial charge is 0.222 e. The molecule has 0 aromatic heterocycles. The van der Waals surface area contributed by atoms with Crippen LogP contribution in [-0.2, 0) is 9.59 Å². The van der Waals surface area contributed by atoms with Gasteiger partial charge in [0.15, 0.2) is 0 Å². The van der Waals surface area contributed by atoms with Crippen molar-refractivity contribution in [2.75, 3.05) is 0 Å². The van der Waals surface area contributed by atoms with Crippen molar-refractivity contribution in [3.05, 3.63) is 35.4 Å². The summed E-state index contributed by atoms with van der Waals surface area (Å²) < 4.78 is 0. The highest BCUT2D eigenvalue weighted by Gasteiger charge is 2.18. The normalized spacial score (nSPS) is 12.0. The molecule has 4 heteroatoms. The predicted molar refractivity (Wildman–Crippen MR) is 84.9 cm³/mol. The molecule has 0 fully saturated rings. The lowest BCUT2D eigenvalue weighted by atomic mass is 10.0. The van der Waals surface area contributed by atoms with Gasteiger partial charge in [0.1, 0.15) is 0 Å². The maximum Gasteiger partial charge on any atom is 0.222 e. The molecule has 0 unspecified atom stereocenters. The van der Waals surface area contributed by atoms with E-state index >= 15 is 0 Å². The van der Waals surface area contributed by atoms with Crippen molar-refractivity contribution in [3.63, 3.8) is 0 Å². The first-order chi connectivity index (χ1) is 9.96. The van der Waals surface area contributed by atoms with E-state index in [2.05, 4.69) is 24.5 Å². The Morgan fingerprint density at radius 3 is 2.10 bits per heavy atom. The Hall–Kier alpha value is -1.84. The zero-order valence-corrected chi connectivity index (χ0v) is 13.4. The summed E-state index contributed by atoms with van der Waals surface area (Å²) >= 11 is 0. The first kappa shape index (κ1) is 17.2. The number of carbonyl (C=O) groups is 2. The molecule has 21 heavy (non-hydrogen) atoms. The molecule has 0 radical (unpaired) electrons. The summed E-state index contributed by atoms with van der Waals surface area (Å²) in [4.78, 5) is 23.5. The molecule has 2 N–H and O–H groups in total. The lowest BCUT2D eigenvalue weighted by Gasteiger charge is -2.20. The SMILES string of the molecule is CCC(CC)NC(=O)C[C@H](NC(C)=O)c1ccc(C)cc1. The molecule has 0 saturated carbocycles. The van der Waals surface area contributed by atoms with Crippen LogP contribution < -0.4 is 10.6 Å². The van der Waals surface area contributed by atoms with Crippen molar-refractivity contribution in [2.45, 2.75) is 59.0 Å². The Morgan fingerprint density at radius 2 is 1.62 bits per heavy atom. The van der Waals surface area contributed by atoms with E-state index < -0.39 is 0 Å². The molecule has 1 rings (SSSR count). The molecule has 1 aromatic rings. The highest BCUT2D eigenvalue weighted by molar-refractivity contribution is 5.79. The molecule has 0 aliphatic heterocycles. The average Bonchev–Trinajstić information content (AvgIpc) is 2.44. The van der Waals surface area contributed by atoms with Crippen LogP contribution in [0.3, 0.4) is 0 Å². The molecular formula is C17H26N2O2. The molecule has 0 spiro atoms. The molecular weight excluding hydrogens is 264 g/mol. The number of nitrogens with one attached hydrogen (secondary N) is 2. The second-order valence-electron chi connectivity index (χ2n) is 5.45. The molecule has 2 amide bonds. The monoisotopic (exact) mass is 290 g/mol. The van der Waals surface area contributed by atoms with Crippen molar-refractivity contribution in [1.29, 1.82) is 0 Å². The minimum absolute atomic E-state index is 0.0250. The summed E-state index contributed by atoms with van der Waals surface area (Å²) in [5.41, 5.74) is 2.11. The molecule has 4 nitrogen and oxygen atoms in total. The summed E-state index contributed by atoms with van der Waals surface area (Å²) in [5, 5.41) is 5.87. The first-order valence-corrected chi connectivity index (χ1v) is 7.59. The highest BCUT2D eigenvalue weighted by atomic mass is 16.2. The summed E-state index contributed by atoms with van der Waals surface area (Å²) in [6, 6.07) is 7.82. The molecule has 1 atom stereocenters. The van der Waals surface area contributed by atoms with E-state index in [0.29, 0.717) is 0 Å². The number of rotatable bonds is 7. The number of amides is 2. The van der Waals surface area contributed by atoms with Crippen LogP contribution in [0.15, 0.2) is 24.3 Å². The van der Waals surface area contributed by atoms with Gasteiger partial charge in [-0.2, -0.15) is 0 Å². The quantitative estimate of drug-likeness (QED) is 0.811. The highest BCUT2D eigenvalue weighted by Crippen LogP contribution is 2.18. The van der Waals surface area contributed by atoms with Crippen LogP contribution in [0.25, 0.3) is 0 Å². The fourth-order valence-corrected chi connectivity index (χ4v) is 2.26. The van der Waals surface area contributed by atoms with Gasteiger partial charge in [-0.25, -0.2) is 0 Å². The van der Waals surface area contributed by atoms with Gasteiger partial charge in [-0.15, -0.1) is 0 Å². The van der Waals surface area contributed by atoms with Crippen LogP contribution in [0, 0.1) is 6.92 Å². The van der Waals surface area contributed by atoms with Gasteiger partial charge in [-0.05, 0) is 25.3 Å². The Bertz CT molecular complexity index is 464. The zero-order valence-electron chi connectivity index (χ0n) is 13.4. The second kappa shape index (κ2) is 8.45. The van der Waals surface area contributed by atoms with Crippen molar-refractivity contribution in [1.82, 2.24) is 10.6 Å². The van der Waals surface area contributed by atoms with Crippen LogP contribution in [0.4, 0.5) is 0 Å².